The van der Waals surface area contributed by atoms with Crippen LogP contribution < -0.4 is 0 Å². The van der Waals surface area contributed by atoms with Crippen LogP contribution in [0.4, 0.5) is 0 Å². The lowest BCUT2D eigenvalue weighted by molar-refractivity contribution is 0.0334. The van der Waals surface area contributed by atoms with Gasteiger partial charge in [-0.25, -0.2) is 0 Å². The second-order valence-electron chi connectivity index (χ2n) is 6.81. The predicted molar refractivity (Wildman–Crippen MR) is 92.4 cm³/mol. The molecule has 0 spiro atoms. The van der Waals surface area contributed by atoms with Crippen molar-refractivity contribution in [3.05, 3.63) is 36.2 Å². The minimum Gasteiger partial charge on any atom is -0.377 e. The van der Waals surface area contributed by atoms with Gasteiger partial charge < -0.3 is 9.47 Å². The first-order valence-electron chi connectivity index (χ1n) is 9.17. The zero-order valence-electron chi connectivity index (χ0n) is 14.5. The molecule has 0 saturated carbocycles. The van der Waals surface area contributed by atoms with E-state index in [0.29, 0.717) is 18.8 Å². The third kappa shape index (κ3) is 4.23. The first-order chi connectivity index (χ1) is 12.4. The molecule has 1 aromatic heterocycles. The number of aromatic nitrogens is 4. The molecule has 0 aliphatic carbocycles. The topological polar surface area (TPSA) is 65.3 Å². The largest absolute Gasteiger partial charge is 0.377 e. The van der Waals surface area contributed by atoms with Crippen molar-refractivity contribution < 1.29 is 9.47 Å². The predicted octanol–water partition coefficient (Wildman–Crippen LogP) is 1.82. The molecular weight excluding hydrogens is 318 g/mol. The van der Waals surface area contributed by atoms with Crippen LogP contribution in [0.3, 0.4) is 0 Å². The maximum Gasteiger partial charge on any atom is 0.170 e. The Morgan fingerprint density at radius 1 is 1.00 bits per heavy atom. The molecule has 2 aliphatic rings. The van der Waals surface area contributed by atoms with Crippen molar-refractivity contribution in [2.75, 3.05) is 26.3 Å². The Morgan fingerprint density at radius 3 is 2.28 bits per heavy atom. The number of hydrogen-bond acceptors (Lipinski definition) is 6. The molecule has 4 rings (SSSR count). The fourth-order valence-corrected chi connectivity index (χ4v) is 3.63. The molecule has 2 fully saturated rings. The van der Waals surface area contributed by atoms with Gasteiger partial charge in [0.25, 0.3) is 0 Å². The summed E-state index contributed by atoms with van der Waals surface area (Å²) in [6, 6.07) is 10.0. The summed E-state index contributed by atoms with van der Waals surface area (Å²) in [5.41, 5.74) is 0.983. The summed E-state index contributed by atoms with van der Waals surface area (Å²) >= 11 is 0. The molecule has 0 amide bonds. The molecule has 2 aromatic rings. The summed E-state index contributed by atoms with van der Waals surface area (Å²) in [5.74, 6) is 0.849. The van der Waals surface area contributed by atoms with E-state index in [1.807, 2.05) is 35.0 Å². The second kappa shape index (κ2) is 8.03. The lowest BCUT2D eigenvalue weighted by Crippen LogP contribution is -2.38. The highest BCUT2D eigenvalue weighted by atomic mass is 16.5. The third-order valence-electron chi connectivity index (χ3n) is 4.87. The molecule has 2 aliphatic heterocycles. The third-order valence-corrected chi connectivity index (χ3v) is 4.87. The van der Waals surface area contributed by atoms with Crippen molar-refractivity contribution in [1.82, 2.24) is 25.1 Å². The Hall–Kier alpha value is -1.83. The van der Waals surface area contributed by atoms with Crippen LogP contribution >= 0.6 is 0 Å². The second-order valence-corrected chi connectivity index (χ2v) is 6.81. The van der Waals surface area contributed by atoms with E-state index in [2.05, 4.69) is 20.4 Å². The maximum atomic E-state index is 5.84. The zero-order valence-corrected chi connectivity index (χ0v) is 14.5. The number of tetrazole rings is 1. The molecule has 0 N–H and O–H groups in total. The van der Waals surface area contributed by atoms with Gasteiger partial charge in [-0.3, -0.25) is 4.90 Å². The quantitative estimate of drug-likeness (QED) is 0.764. The van der Waals surface area contributed by atoms with Gasteiger partial charge in [0.1, 0.15) is 0 Å². The number of ether oxygens (including phenoxy) is 2. The number of benzene rings is 1. The van der Waals surface area contributed by atoms with Crippen molar-refractivity contribution in [3.8, 4) is 5.69 Å². The SMILES string of the molecule is c1ccc(-n2nnnc2CN(C[C@H]2CCCO2)C[C@H]2CCCO2)cc1. The standard InChI is InChI=1S/C18H25N5O2/c1-2-6-15(7-3-1)23-18(19-20-21-23)14-22(12-16-8-4-10-24-16)13-17-9-5-11-25-17/h1-3,6-7,16-17H,4-5,8-14H2/t16-,17-/m1/s1. The molecule has 2 atom stereocenters. The summed E-state index contributed by atoms with van der Waals surface area (Å²) in [5, 5.41) is 12.3. The van der Waals surface area contributed by atoms with E-state index in [4.69, 9.17) is 9.47 Å². The molecule has 3 heterocycles. The van der Waals surface area contributed by atoms with E-state index in [1.54, 1.807) is 0 Å². The number of hydrogen-bond donors (Lipinski definition) is 0. The molecule has 0 unspecified atom stereocenters. The molecule has 0 bridgehead atoms. The highest BCUT2D eigenvalue weighted by Crippen LogP contribution is 2.19. The van der Waals surface area contributed by atoms with Crippen LogP contribution in [-0.4, -0.2) is 63.6 Å². The maximum absolute atomic E-state index is 5.84. The van der Waals surface area contributed by atoms with Gasteiger partial charge in [0.2, 0.25) is 0 Å². The summed E-state index contributed by atoms with van der Waals surface area (Å²) in [7, 11) is 0. The van der Waals surface area contributed by atoms with Gasteiger partial charge in [-0.15, -0.1) is 5.10 Å². The molecule has 134 valence electrons. The summed E-state index contributed by atoms with van der Waals surface area (Å²) < 4.78 is 13.5. The number of para-hydroxylation sites is 1. The van der Waals surface area contributed by atoms with Crippen LogP contribution in [-0.2, 0) is 16.0 Å². The van der Waals surface area contributed by atoms with Gasteiger partial charge in [-0.05, 0) is 48.2 Å². The van der Waals surface area contributed by atoms with Crippen LogP contribution in [0.15, 0.2) is 30.3 Å². The van der Waals surface area contributed by atoms with Gasteiger partial charge in [0, 0.05) is 26.3 Å². The van der Waals surface area contributed by atoms with Gasteiger partial charge in [0.15, 0.2) is 5.82 Å². The van der Waals surface area contributed by atoms with Crippen molar-refractivity contribution in [1.29, 1.82) is 0 Å². The Kier molecular flexibility index (Phi) is 5.34. The normalized spacial score (nSPS) is 23.6. The van der Waals surface area contributed by atoms with Crippen LogP contribution in [0.25, 0.3) is 5.69 Å². The van der Waals surface area contributed by atoms with Gasteiger partial charge in [-0.2, -0.15) is 4.68 Å². The van der Waals surface area contributed by atoms with Crippen LogP contribution in [0, 0.1) is 0 Å². The van der Waals surface area contributed by atoms with Crippen molar-refractivity contribution in [2.45, 2.75) is 44.4 Å². The van der Waals surface area contributed by atoms with Gasteiger partial charge in [0.05, 0.1) is 24.4 Å². The number of nitrogens with zero attached hydrogens (tertiary/aromatic N) is 5. The summed E-state index contributed by atoms with van der Waals surface area (Å²) in [4.78, 5) is 2.39. The Morgan fingerprint density at radius 2 is 1.68 bits per heavy atom. The molecule has 1 aromatic carbocycles. The number of rotatable bonds is 7. The Labute approximate surface area is 147 Å². The Bertz CT molecular complexity index is 632. The van der Waals surface area contributed by atoms with E-state index in [-0.39, 0.29) is 0 Å². The fraction of sp³-hybridized carbons (Fsp3) is 0.611. The van der Waals surface area contributed by atoms with E-state index in [1.165, 1.54) is 0 Å². The van der Waals surface area contributed by atoms with Crippen molar-refractivity contribution in [2.24, 2.45) is 0 Å². The van der Waals surface area contributed by atoms with Crippen LogP contribution in [0.2, 0.25) is 0 Å². The first-order valence-corrected chi connectivity index (χ1v) is 9.17. The molecule has 25 heavy (non-hydrogen) atoms. The monoisotopic (exact) mass is 343 g/mol. The fourth-order valence-electron chi connectivity index (χ4n) is 3.63. The van der Waals surface area contributed by atoms with Gasteiger partial charge in [-0.1, -0.05) is 18.2 Å². The van der Waals surface area contributed by atoms with Crippen molar-refractivity contribution >= 4 is 0 Å². The van der Waals surface area contributed by atoms with E-state index >= 15 is 0 Å². The molecule has 2 saturated heterocycles. The van der Waals surface area contributed by atoms with Gasteiger partial charge >= 0.3 is 0 Å². The summed E-state index contributed by atoms with van der Waals surface area (Å²) in [6.45, 7) is 4.25. The minimum atomic E-state index is 0.308. The highest BCUT2D eigenvalue weighted by molar-refractivity contribution is 5.30. The average Bonchev–Trinajstić information content (AvgIpc) is 3.38. The van der Waals surface area contributed by atoms with Crippen molar-refractivity contribution in [3.63, 3.8) is 0 Å². The minimum absolute atomic E-state index is 0.308. The molecule has 0 radical (unpaired) electrons. The van der Waals surface area contributed by atoms with Crippen LogP contribution in [0.5, 0.6) is 0 Å². The molecular formula is C18H25N5O2. The molecule has 7 nitrogen and oxygen atoms in total. The lowest BCUT2D eigenvalue weighted by atomic mass is 10.2. The smallest absolute Gasteiger partial charge is 0.170 e. The highest BCUT2D eigenvalue weighted by Gasteiger charge is 2.25. The molecule has 7 heteroatoms. The summed E-state index contributed by atoms with van der Waals surface area (Å²) in [6.07, 6.45) is 5.18. The van der Waals surface area contributed by atoms with E-state index in [9.17, 15) is 0 Å². The first kappa shape index (κ1) is 16.6. The van der Waals surface area contributed by atoms with Crippen LogP contribution in [0.1, 0.15) is 31.5 Å². The lowest BCUT2D eigenvalue weighted by Gasteiger charge is -2.27. The average molecular weight is 343 g/mol. The zero-order chi connectivity index (χ0) is 16.9. The Balaban J connectivity index is 1.48. The van der Waals surface area contributed by atoms with E-state index in [0.717, 1.165) is 63.5 Å². The van der Waals surface area contributed by atoms with E-state index < -0.39 is 0 Å².